The summed E-state index contributed by atoms with van der Waals surface area (Å²) in [6.07, 6.45) is 9.39. The number of ether oxygens (including phenoxy) is 1. The third kappa shape index (κ3) is 5.84. The van der Waals surface area contributed by atoms with Crippen LogP contribution in [0.2, 0.25) is 0 Å². The highest BCUT2D eigenvalue weighted by atomic mass is 19.1. The number of likely N-dealkylation sites (N-methyl/N-ethyl adjacent to an activating group) is 1. The molecule has 1 N–H and O–H groups in total. The van der Waals surface area contributed by atoms with Crippen molar-refractivity contribution in [2.45, 2.75) is 51.0 Å². The van der Waals surface area contributed by atoms with Crippen molar-refractivity contribution in [2.24, 2.45) is 0 Å². The van der Waals surface area contributed by atoms with Gasteiger partial charge < -0.3 is 14.7 Å². The van der Waals surface area contributed by atoms with E-state index in [1.807, 2.05) is 12.1 Å². The van der Waals surface area contributed by atoms with Crippen LogP contribution in [0.15, 0.2) is 59.7 Å². The molecule has 0 bridgehead atoms. The van der Waals surface area contributed by atoms with Gasteiger partial charge in [-0.05, 0) is 116 Å². The van der Waals surface area contributed by atoms with E-state index in [1.54, 1.807) is 0 Å². The van der Waals surface area contributed by atoms with Gasteiger partial charge in [0.05, 0.1) is 6.67 Å². The average molecular weight is 491 g/mol. The second-order valence-corrected chi connectivity index (χ2v) is 10.5. The molecule has 192 valence electrons. The second-order valence-electron chi connectivity index (χ2n) is 10.5. The predicted molar refractivity (Wildman–Crippen MR) is 144 cm³/mol. The summed E-state index contributed by atoms with van der Waals surface area (Å²) in [5, 5.41) is 10.2. The van der Waals surface area contributed by atoms with Crippen molar-refractivity contribution < 1.29 is 14.2 Å². The molecule has 5 heteroatoms. The summed E-state index contributed by atoms with van der Waals surface area (Å²) in [5.74, 6) is 1.25. The van der Waals surface area contributed by atoms with Crippen molar-refractivity contribution in [1.82, 2.24) is 9.80 Å². The summed E-state index contributed by atoms with van der Waals surface area (Å²) in [7, 11) is 2.18. The highest BCUT2D eigenvalue weighted by Crippen LogP contribution is 2.40. The van der Waals surface area contributed by atoms with Crippen LogP contribution in [-0.4, -0.2) is 67.5 Å². The van der Waals surface area contributed by atoms with E-state index < -0.39 is 0 Å². The number of phenols is 1. The van der Waals surface area contributed by atoms with Crippen LogP contribution in [-0.2, 0) is 6.42 Å². The fourth-order valence-corrected chi connectivity index (χ4v) is 5.89. The van der Waals surface area contributed by atoms with Gasteiger partial charge in [-0.25, -0.2) is 0 Å². The van der Waals surface area contributed by atoms with E-state index in [2.05, 4.69) is 53.3 Å². The topological polar surface area (TPSA) is 35.9 Å². The zero-order valence-electron chi connectivity index (χ0n) is 21.5. The summed E-state index contributed by atoms with van der Waals surface area (Å²) in [6.45, 7) is 4.76. The van der Waals surface area contributed by atoms with Gasteiger partial charge >= 0.3 is 0 Å². The molecule has 1 aliphatic carbocycles. The molecule has 0 saturated carbocycles. The fraction of sp³-hybridized carbons (Fsp3) is 0.484. The molecule has 0 spiro atoms. The first-order chi connectivity index (χ1) is 17.6. The van der Waals surface area contributed by atoms with E-state index in [0.717, 1.165) is 77.0 Å². The van der Waals surface area contributed by atoms with Crippen LogP contribution in [0.1, 0.15) is 55.2 Å². The summed E-state index contributed by atoms with van der Waals surface area (Å²) < 4.78 is 18.7. The lowest BCUT2D eigenvalue weighted by molar-refractivity contribution is 0.199. The normalized spacial score (nSPS) is 21.3. The third-order valence-electron chi connectivity index (χ3n) is 7.87. The van der Waals surface area contributed by atoms with E-state index in [1.165, 1.54) is 33.4 Å². The molecular weight excluding hydrogens is 451 g/mol. The molecule has 3 aliphatic rings. The Balaban J connectivity index is 1.40. The molecule has 0 aromatic heterocycles. The molecule has 2 heterocycles. The standard InChI is InChI=1S/C31H39FN2O2/c1-33-18-13-23(14-19-33)29-6-4-5-25-21-26(35)9-12-30(25)31(29)24-7-10-27(11-8-24)36-28-15-20-34(22-28)17-3-2-16-32/h7-13,21,28,35H,2-6,14-20,22H2,1H3/t28-/m0/s1. The number of allylic oxidation sites excluding steroid dienone is 1. The van der Waals surface area contributed by atoms with Crippen LogP contribution in [0.25, 0.3) is 5.57 Å². The van der Waals surface area contributed by atoms with E-state index in [-0.39, 0.29) is 12.8 Å². The lowest BCUT2D eigenvalue weighted by Crippen LogP contribution is -2.25. The Kier molecular flexibility index (Phi) is 8.08. The first-order valence-electron chi connectivity index (χ1n) is 13.6. The van der Waals surface area contributed by atoms with Crippen LogP contribution in [0, 0.1) is 0 Å². The molecule has 4 nitrogen and oxygen atoms in total. The van der Waals surface area contributed by atoms with Crippen LogP contribution < -0.4 is 4.74 Å². The molecule has 0 unspecified atom stereocenters. The van der Waals surface area contributed by atoms with Crippen molar-refractivity contribution in [3.63, 3.8) is 0 Å². The number of fused-ring (bicyclic) bond motifs is 1. The number of unbranched alkanes of at least 4 members (excludes halogenated alkanes) is 1. The zero-order chi connectivity index (χ0) is 24.9. The maximum Gasteiger partial charge on any atom is 0.119 e. The van der Waals surface area contributed by atoms with Gasteiger partial charge in [0.25, 0.3) is 0 Å². The van der Waals surface area contributed by atoms with Gasteiger partial charge in [0, 0.05) is 26.2 Å². The number of benzene rings is 2. The van der Waals surface area contributed by atoms with Crippen molar-refractivity contribution >= 4 is 5.57 Å². The minimum absolute atomic E-state index is 0.196. The van der Waals surface area contributed by atoms with Crippen LogP contribution in [0.4, 0.5) is 4.39 Å². The van der Waals surface area contributed by atoms with Gasteiger partial charge in [-0.2, -0.15) is 0 Å². The van der Waals surface area contributed by atoms with E-state index in [9.17, 15) is 9.50 Å². The van der Waals surface area contributed by atoms with Crippen LogP contribution in [0.3, 0.4) is 0 Å². The van der Waals surface area contributed by atoms with Crippen LogP contribution in [0.5, 0.6) is 11.5 Å². The van der Waals surface area contributed by atoms with Gasteiger partial charge in [0.1, 0.15) is 17.6 Å². The minimum Gasteiger partial charge on any atom is -0.508 e. The van der Waals surface area contributed by atoms with Gasteiger partial charge in [0.15, 0.2) is 0 Å². The maximum absolute atomic E-state index is 12.4. The Hall–Kier alpha value is -2.63. The second kappa shape index (κ2) is 11.6. The lowest BCUT2D eigenvalue weighted by Gasteiger charge is -2.25. The molecule has 0 amide bonds. The highest BCUT2D eigenvalue weighted by Gasteiger charge is 2.25. The quantitative estimate of drug-likeness (QED) is 0.461. The minimum atomic E-state index is -0.224. The Morgan fingerprint density at radius 3 is 2.67 bits per heavy atom. The molecule has 2 aromatic rings. The fourth-order valence-electron chi connectivity index (χ4n) is 5.89. The number of likely N-dealkylation sites (tertiary alicyclic amines) is 1. The van der Waals surface area contributed by atoms with Crippen LogP contribution >= 0.6 is 0 Å². The first-order valence-corrected chi connectivity index (χ1v) is 13.6. The number of nitrogens with zero attached hydrogens (tertiary/aromatic N) is 2. The Labute approximate surface area is 215 Å². The van der Waals surface area contributed by atoms with Crippen molar-refractivity contribution in [3.8, 4) is 11.5 Å². The number of aromatic hydroxyl groups is 1. The molecule has 1 saturated heterocycles. The van der Waals surface area contributed by atoms with Gasteiger partial charge in [-0.15, -0.1) is 0 Å². The largest absolute Gasteiger partial charge is 0.508 e. The molecule has 2 aromatic carbocycles. The third-order valence-corrected chi connectivity index (χ3v) is 7.87. The van der Waals surface area contributed by atoms with Crippen molar-refractivity contribution in [1.29, 1.82) is 0 Å². The SMILES string of the molecule is CN1CC=C(C2=C(c3ccc(O[C@H]4CCN(CCCCF)C4)cc3)c3ccc(O)cc3CCC2)CC1. The molecule has 1 atom stereocenters. The summed E-state index contributed by atoms with van der Waals surface area (Å²) >= 11 is 0. The predicted octanol–water partition coefficient (Wildman–Crippen LogP) is 6.00. The Bertz CT molecular complexity index is 1110. The molecule has 36 heavy (non-hydrogen) atoms. The Morgan fingerprint density at radius 1 is 1.03 bits per heavy atom. The van der Waals surface area contributed by atoms with E-state index in [4.69, 9.17) is 4.74 Å². The number of hydrogen-bond acceptors (Lipinski definition) is 4. The van der Waals surface area contributed by atoms with E-state index in [0.29, 0.717) is 12.2 Å². The number of phenolic OH excluding ortho intramolecular Hbond substituents is 1. The first kappa shape index (κ1) is 25.0. The maximum atomic E-state index is 12.4. The summed E-state index contributed by atoms with van der Waals surface area (Å²) in [6, 6.07) is 14.5. The molecule has 1 fully saturated rings. The average Bonchev–Trinajstić information content (AvgIpc) is 3.24. The monoisotopic (exact) mass is 490 g/mol. The van der Waals surface area contributed by atoms with Crippen molar-refractivity contribution in [3.05, 3.63) is 76.4 Å². The van der Waals surface area contributed by atoms with E-state index >= 15 is 0 Å². The molecule has 0 radical (unpaired) electrons. The number of alkyl halides is 1. The lowest BCUT2D eigenvalue weighted by atomic mass is 9.86. The smallest absolute Gasteiger partial charge is 0.119 e. The summed E-state index contributed by atoms with van der Waals surface area (Å²) in [4.78, 5) is 4.75. The highest BCUT2D eigenvalue weighted by molar-refractivity contribution is 5.87. The molecule has 2 aliphatic heterocycles. The van der Waals surface area contributed by atoms with Crippen molar-refractivity contribution in [2.75, 3.05) is 46.4 Å². The number of hydrogen-bond donors (Lipinski definition) is 1. The number of aryl methyl sites for hydroxylation is 1. The summed E-state index contributed by atoms with van der Waals surface area (Å²) in [5.41, 5.74) is 7.93. The zero-order valence-corrected chi connectivity index (χ0v) is 21.5. The Morgan fingerprint density at radius 2 is 1.89 bits per heavy atom. The molecule has 5 rings (SSSR count). The molecular formula is C31H39FN2O2. The van der Waals surface area contributed by atoms with Gasteiger partial charge in [-0.1, -0.05) is 24.3 Å². The number of halogens is 1. The van der Waals surface area contributed by atoms with Gasteiger partial charge in [-0.3, -0.25) is 9.29 Å². The van der Waals surface area contributed by atoms with Gasteiger partial charge in [0.2, 0.25) is 0 Å². The number of rotatable bonds is 8.